The van der Waals surface area contributed by atoms with Crippen molar-refractivity contribution in [2.45, 2.75) is 52.1 Å². The van der Waals surface area contributed by atoms with Gasteiger partial charge in [0.2, 0.25) is 0 Å². The molecule has 1 aromatic rings. The molecule has 98 valence electrons. The number of nitrogens with zero attached hydrogens (tertiary/aromatic N) is 1. The van der Waals surface area contributed by atoms with Crippen molar-refractivity contribution in [1.82, 2.24) is 10.3 Å². The van der Waals surface area contributed by atoms with Crippen LogP contribution in [0.25, 0.3) is 0 Å². The third kappa shape index (κ3) is 1.53. The minimum absolute atomic E-state index is 0.435. The van der Waals surface area contributed by atoms with Crippen molar-refractivity contribution in [3.63, 3.8) is 0 Å². The SMILES string of the molecule is Cc1nc(C(C)NC2C3C4CCC(C4)C23)c(C)s1. The van der Waals surface area contributed by atoms with Crippen LogP contribution in [-0.4, -0.2) is 11.0 Å². The molecule has 3 aliphatic carbocycles. The van der Waals surface area contributed by atoms with E-state index in [1.54, 1.807) is 0 Å². The maximum atomic E-state index is 4.69. The molecule has 1 aromatic heterocycles. The van der Waals surface area contributed by atoms with Gasteiger partial charge < -0.3 is 5.32 Å². The van der Waals surface area contributed by atoms with Crippen molar-refractivity contribution in [1.29, 1.82) is 0 Å². The third-order valence-corrected chi connectivity index (χ3v) is 6.43. The molecule has 3 saturated carbocycles. The maximum Gasteiger partial charge on any atom is 0.0900 e. The number of aryl methyl sites for hydroxylation is 2. The Balaban J connectivity index is 1.46. The van der Waals surface area contributed by atoms with Crippen LogP contribution in [0.5, 0.6) is 0 Å². The standard InChI is InChI=1S/C15H22N2S/c1-7(14-8(2)18-9(3)17-14)16-15-12-10-4-5-11(6-10)13(12)15/h7,10-13,15-16H,4-6H2,1-3H3. The van der Waals surface area contributed by atoms with Crippen LogP contribution in [0.2, 0.25) is 0 Å². The fourth-order valence-corrected chi connectivity index (χ4v) is 5.78. The lowest BCUT2D eigenvalue weighted by Crippen LogP contribution is -2.26. The molecule has 3 heteroatoms. The van der Waals surface area contributed by atoms with Crippen LogP contribution in [0.1, 0.15) is 47.8 Å². The third-order valence-electron chi connectivity index (χ3n) is 5.53. The highest BCUT2D eigenvalue weighted by molar-refractivity contribution is 7.11. The fourth-order valence-electron chi connectivity index (χ4n) is 4.86. The summed E-state index contributed by atoms with van der Waals surface area (Å²) in [5, 5.41) is 5.07. The van der Waals surface area contributed by atoms with Gasteiger partial charge in [0, 0.05) is 17.0 Å². The van der Waals surface area contributed by atoms with Gasteiger partial charge >= 0.3 is 0 Å². The minimum Gasteiger partial charge on any atom is -0.305 e. The molecule has 1 heterocycles. The van der Waals surface area contributed by atoms with Crippen LogP contribution >= 0.6 is 11.3 Å². The summed E-state index contributed by atoms with van der Waals surface area (Å²) < 4.78 is 0. The molecule has 3 fully saturated rings. The van der Waals surface area contributed by atoms with Crippen LogP contribution in [0.4, 0.5) is 0 Å². The van der Waals surface area contributed by atoms with E-state index in [0.29, 0.717) is 6.04 Å². The molecule has 4 rings (SSSR count). The summed E-state index contributed by atoms with van der Waals surface area (Å²) >= 11 is 1.83. The molecule has 2 nitrogen and oxygen atoms in total. The van der Waals surface area contributed by atoms with Gasteiger partial charge in [0.15, 0.2) is 0 Å². The molecule has 0 aliphatic heterocycles. The van der Waals surface area contributed by atoms with E-state index in [-0.39, 0.29) is 0 Å². The zero-order chi connectivity index (χ0) is 12.4. The van der Waals surface area contributed by atoms with Crippen molar-refractivity contribution in [3.8, 4) is 0 Å². The first-order valence-corrected chi connectivity index (χ1v) is 8.16. The smallest absolute Gasteiger partial charge is 0.0900 e. The Kier molecular flexibility index (Phi) is 2.41. The van der Waals surface area contributed by atoms with E-state index in [1.165, 1.54) is 34.8 Å². The number of hydrogen-bond donors (Lipinski definition) is 1. The molecular formula is C15H22N2S. The second-order valence-electron chi connectivity index (χ2n) is 6.58. The topological polar surface area (TPSA) is 24.9 Å². The van der Waals surface area contributed by atoms with Crippen LogP contribution in [0, 0.1) is 37.5 Å². The summed E-state index contributed by atoms with van der Waals surface area (Å²) in [6, 6.07) is 1.25. The lowest BCUT2D eigenvalue weighted by atomic mass is 10.0. The van der Waals surface area contributed by atoms with Crippen LogP contribution < -0.4 is 5.32 Å². The molecular weight excluding hydrogens is 240 g/mol. The van der Waals surface area contributed by atoms with E-state index in [9.17, 15) is 0 Å². The first-order chi connectivity index (χ1) is 8.65. The van der Waals surface area contributed by atoms with Gasteiger partial charge in [0.25, 0.3) is 0 Å². The largest absolute Gasteiger partial charge is 0.305 e. The van der Waals surface area contributed by atoms with Gasteiger partial charge in [-0.25, -0.2) is 4.98 Å². The quantitative estimate of drug-likeness (QED) is 0.902. The van der Waals surface area contributed by atoms with E-state index in [2.05, 4.69) is 26.1 Å². The number of fused-ring (bicyclic) bond motifs is 5. The first kappa shape index (κ1) is 11.4. The molecule has 1 N–H and O–H groups in total. The maximum absolute atomic E-state index is 4.69. The molecule has 0 amide bonds. The predicted octanol–water partition coefficient (Wildman–Crippen LogP) is 3.46. The molecule has 3 aliphatic rings. The molecule has 2 bridgehead atoms. The van der Waals surface area contributed by atoms with Crippen LogP contribution in [-0.2, 0) is 0 Å². The summed E-state index contributed by atoms with van der Waals surface area (Å²) in [6.07, 6.45) is 4.55. The van der Waals surface area contributed by atoms with Crippen molar-refractivity contribution >= 4 is 11.3 Å². The predicted molar refractivity (Wildman–Crippen MR) is 74.7 cm³/mol. The van der Waals surface area contributed by atoms with E-state index in [0.717, 1.165) is 29.7 Å². The van der Waals surface area contributed by atoms with Gasteiger partial charge in [0.1, 0.15) is 0 Å². The number of nitrogens with one attached hydrogen (secondary N) is 1. The van der Waals surface area contributed by atoms with Crippen molar-refractivity contribution in [2.24, 2.45) is 23.7 Å². The fraction of sp³-hybridized carbons (Fsp3) is 0.800. The van der Waals surface area contributed by atoms with Crippen molar-refractivity contribution in [2.75, 3.05) is 0 Å². The Morgan fingerprint density at radius 1 is 1.22 bits per heavy atom. The van der Waals surface area contributed by atoms with E-state index in [4.69, 9.17) is 4.98 Å². The molecule has 5 atom stereocenters. The molecule has 0 saturated heterocycles. The van der Waals surface area contributed by atoms with E-state index in [1.807, 2.05) is 11.3 Å². The zero-order valence-corrected chi connectivity index (χ0v) is 12.3. The van der Waals surface area contributed by atoms with Gasteiger partial charge in [0.05, 0.1) is 10.7 Å². The molecule has 0 spiro atoms. The summed E-state index contributed by atoms with van der Waals surface area (Å²) in [4.78, 5) is 6.08. The minimum atomic E-state index is 0.435. The Bertz CT molecular complexity index is 465. The molecule has 0 aromatic carbocycles. The first-order valence-electron chi connectivity index (χ1n) is 7.35. The van der Waals surface area contributed by atoms with E-state index >= 15 is 0 Å². The monoisotopic (exact) mass is 262 g/mol. The summed E-state index contributed by atoms with van der Waals surface area (Å²) in [7, 11) is 0. The average Bonchev–Trinajstić information content (AvgIpc) is 2.70. The second kappa shape index (κ2) is 3.80. The lowest BCUT2D eigenvalue weighted by molar-refractivity contribution is 0.430. The Labute approximate surface area is 113 Å². The number of thiazole rings is 1. The van der Waals surface area contributed by atoms with E-state index < -0.39 is 0 Å². The van der Waals surface area contributed by atoms with Gasteiger partial charge in [-0.15, -0.1) is 11.3 Å². The normalized spacial score (nSPS) is 42.1. The number of hydrogen-bond acceptors (Lipinski definition) is 3. The highest BCUT2D eigenvalue weighted by Crippen LogP contribution is 2.65. The summed E-state index contributed by atoms with van der Waals surface area (Å²) in [6.45, 7) is 6.60. The number of aromatic nitrogens is 1. The van der Waals surface area contributed by atoms with Crippen molar-refractivity contribution < 1.29 is 0 Å². The van der Waals surface area contributed by atoms with Crippen LogP contribution in [0.15, 0.2) is 0 Å². The molecule has 5 unspecified atom stereocenters. The number of rotatable bonds is 3. The Morgan fingerprint density at radius 2 is 1.89 bits per heavy atom. The highest BCUT2D eigenvalue weighted by atomic mass is 32.1. The molecule has 18 heavy (non-hydrogen) atoms. The lowest BCUT2D eigenvalue weighted by Gasteiger charge is -2.16. The van der Waals surface area contributed by atoms with Crippen LogP contribution in [0.3, 0.4) is 0 Å². The Hall–Kier alpha value is -0.410. The Morgan fingerprint density at radius 3 is 2.44 bits per heavy atom. The summed E-state index contributed by atoms with van der Waals surface area (Å²) in [5.41, 5.74) is 1.29. The van der Waals surface area contributed by atoms with Gasteiger partial charge in [-0.3, -0.25) is 0 Å². The van der Waals surface area contributed by atoms with Gasteiger partial charge in [-0.1, -0.05) is 0 Å². The molecule has 0 radical (unpaired) electrons. The van der Waals surface area contributed by atoms with Gasteiger partial charge in [-0.2, -0.15) is 0 Å². The summed E-state index contributed by atoms with van der Waals surface area (Å²) in [5.74, 6) is 4.16. The highest BCUT2D eigenvalue weighted by Gasteiger charge is 2.64. The second-order valence-corrected chi connectivity index (χ2v) is 7.98. The zero-order valence-electron chi connectivity index (χ0n) is 11.4. The van der Waals surface area contributed by atoms with Gasteiger partial charge in [-0.05, 0) is 63.7 Å². The van der Waals surface area contributed by atoms with Crippen molar-refractivity contribution in [3.05, 3.63) is 15.6 Å². The average molecular weight is 262 g/mol.